The third kappa shape index (κ3) is 5.31. The molecule has 27 heavy (non-hydrogen) atoms. The number of anilines is 1. The van der Waals surface area contributed by atoms with Crippen LogP contribution >= 0.6 is 11.5 Å². The van der Waals surface area contributed by atoms with Crippen LogP contribution in [0.4, 0.5) is 5.13 Å². The maximum Gasteiger partial charge on any atom is 0.205 e. The third-order valence-corrected chi connectivity index (χ3v) is 6.38. The predicted octanol–water partition coefficient (Wildman–Crippen LogP) is 2.06. The molecule has 2 fully saturated rings. The summed E-state index contributed by atoms with van der Waals surface area (Å²) in [6.45, 7) is 14.6. The van der Waals surface area contributed by atoms with Crippen molar-refractivity contribution in [2.45, 2.75) is 52.5 Å². The first-order chi connectivity index (χ1) is 13.2. The summed E-state index contributed by atoms with van der Waals surface area (Å²) >= 11 is 1.53. The molecule has 1 atom stereocenters. The SMILES string of the molecule is CCNC(=NCC1CCCCN1CC)N1CCN(c2nc(CC)ns2)CC1. The first-order valence-corrected chi connectivity index (χ1v) is 11.4. The van der Waals surface area contributed by atoms with Gasteiger partial charge in [-0.2, -0.15) is 4.37 Å². The second-order valence-electron chi connectivity index (χ2n) is 7.29. The highest BCUT2D eigenvalue weighted by Gasteiger charge is 2.24. The van der Waals surface area contributed by atoms with Gasteiger partial charge in [-0.15, -0.1) is 0 Å². The van der Waals surface area contributed by atoms with Crippen molar-refractivity contribution in [3.8, 4) is 0 Å². The number of guanidine groups is 1. The van der Waals surface area contributed by atoms with Crippen molar-refractivity contribution in [2.24, 2.45) is 4.99 Å². The van der Waals surface area contributed by atoms with Gasteiger partial charge >= 0.3 is 0 Å². The summed E-state index contributed by atoms with van der Waals surface area (Å²) < 4.78 is 4.42. The topological polar surface area (TPSA) is 59.9 Å². The molecule has 2 saturated heterocycles. The second kappa shape index (κ2) is 10.2. The zero-order valence-corrected chi connectivity index (χ0v) is 18.0. The molecule has 1 aromatic rings. The minimum absolute atomic E-state index is 0.604. The Morgan fingerprint density at radius 1 is 1.15 bits per heavy atom. The molecule has 0 bridgehead atoms. The molecule has 1 aromatic heterocycles. The fraction of sp³-hybridized carbons (Fsp3) is 0.842. The number of likely N-dealkylation sites (N-methyl/N-ethyl adjacent to an activating group) is 1. The van der Waals surface area contributed by atoms with E-state index in [1.54, 1.807) is 0 Å². The molecule has 2 aliphatic rings. The molecular weight excluding hydrogens is 358 g/mol. The molecule has 0 amide bonds. The molecule has 0 saturated carbocycles. The molecule has 0 aliphatic carbocycles. The van der Waals surface area contributed by atoms with Crippen LogP contribution in [0.3, 0.4) is 0 Å². The standard InChI is InChI=1S/C19H35N7S/c1-4-17-22-19(27-23-17)26-13-11-25(12-14-26)18(20-5-2)21-15-16-9-7-8-10-24(16)6-3/h16H,4-15H2,1-3H3,(H,20,21). The van der Waals surface area contributed by atoms with E-state index in [4.69, 9.17) is 4.99 Å². The first-order valence-electron chi connectivity index (χ1n) is 10.6. The fourth-order valence-corrected chi connectivity index (χ4v) is 4.73. The lowest BCUT2D eigenvalue weighted by Gasteiger charge is -2.37. The molecule has 0 radical (unpaired) electrons. The van der Waals surface area contributed by atoms with Crippen molar-refractivity contribution in [3.05, 3.63) is 5.82 Å². The van der Waals surface area contributed by atoms with Gasteiger partial charge in [0.1, 0.15) is 5.82 Å². The molecule has 0 aromatic carbocycles. The van der Waals surface area contributed by atoms with Gasteiger partial charge in [-0.25, -0.2) is 4.98 Å². The molecule has 8 heteroatoms. The highest BCUT2D eigenvalue weighted by molar-refractivity contribution is 7.09. The lowest BCUT2D eigenvalue weighted by Crippen LogP contribution is -2.53. The van der Waals surface area contributed by atoms with E-state index in [1.165, 1.54) is 37.3 Å². The van der Waals surface area contributed by atoms with Crippen molar-refractivity contribution in [1.82, 2.24) is 24.5 Å². The van der Waals surface area contributed by atoms with Gasteiger partial charge in [0.25, 0.3) is 0 Å². The van der Waals surface area contributed by atoms with Gasteiger partial charge in [-0.1, -0.05) is 20.3 Å². The van der Waals surface area contributed by atoms with Gasteiger partial charge < -0.3 is 15.1 Å². The van der Waals surface area contributed by atoms with E-state index in [1.807, 2.05) is 0 Å². The van der Waals surface area contributed by atoms with E-state index < -0.39 is 0 Å². The van der Waals surface area contributed by atoms with E-state index in [0.717, 1.165) is 69.1 Å². The largest absolute Gasteiger partial charge is 0.357 e. The van der Waals surface area contributed by atoms with Crippen LogP contribution in [0, 0.1) is 0 Å². The Labute approximate surface area is 168 Å². The van der Waals surface area contributed by atoms with Crippen LogP contribution in [-0.2, 0) is 6.42 Å². The minimum Gasteiger partial charge on any atom is -0.357 e. The van der Waals surface area contributed by atoms with Gasteiger partial charge in [0.15, 0.2) is 5.96 Å². The van der Waals surface area contributed by atoms with Crippen LogP contribution < -0.4 is 10.2 Å². The van der Waals surface area contributed by atoms with Crippen molar-refractivity contribution in [1.29, 1.82) is 0 Å². The molecule has 152 valence electrons. The smallest absolute Gasteiger partial charge is 0.205 e. The highest BCUT2D eigenvalue weighted by Crippen LogP contribution is 2.20. The molecule has 3 heterocycles. The van der Waals surface area contributed by atoms with Gasteiger partial charge in [-0.3, -0.25) is 9.89 Å². The maximum atomic E-state index is 5.02. The predicted molar refractivity (Wildman–Crippen MR) is 114 cm³/mol. The molecular formula is C19H35N7S. The molecule has 1 unspecified atom stereocenters. The van der Waals surface area contributed by atoms with E-state index in [0.29, 0.717) is 6.04 Å². The van der Waals surface area contributed by atoms with Crippen LogP contribution in [0.25, 0.3) is 0 Å². The van der Waals surface area contributed by atoms with Crippen molar-refractivity contribution in [3.63, 3.8) is 0 Å². The summed E-state index contributed by atoms with van der Waals surface area (Å²) in [5.41, 5.74) is 0. The molecule has 1 N–H and O–H groups in total. The number of hydrogen-bond acceptors (Lipinski definition) is 6. The van der Waals surface area contributed by atoms with Crippen LogP contribution in [0.1, 0.15) is 45.9 Å². The van der Waals surface area contributed by atoms with E-state index in [2.05, 4.69) is 50.1 Å². The minimum atomic E-state index is 0.604. The zero-order valence-electron chi connectivity index (χ0n) is 17.2. The number of rotatable bonds is 6. The number of likely N-dealkylation sites (tertiary alicyclic amines) is 1. The van der Waals surface area contributed by atoms with Gasteiger partial charge in [0.05, 0.1) is 6.54 Å². The number of aromatic nitrogens is 2. The number of nitrogens with zero attached hydrogens (tertiary/aromatic N) is 6. The Bertz CT molecular complexity index is 595. The lowest BCUT2D eigenvalue weighted by atomic mass is 10.0. The number of aliphatic imine (C=N–C) groups is 1. The Hall–Kier alpha value is -1.41. The van der Waals surface area contributed by atoms with Crippen molar-refractivity contribution in [2.75, 3.05) is 57.3 Å². The van der Waals surface area contributed by atoms with Crippen LogP contribution in [0.2, 0.25) is 0 Å². The summed E-state index contributed by atoms with van der Waals surface area (Å²) in [6, 6.07) is 0.604. The maximum absolute atomic E-state index is 5.02. The molecule has 0 spiro atoms. The first kappa shape index (κ1) is 20.3. The summed E-state index contributed by atoms with van der Waals surface area (Å²) in [4.78, 5) is 17.0. The number of aryl methyl sites for hydroxylation is 1. The van der Waals surface area contributed by atoms with Gasteiger partial charge in [0.2, 0.25) is 5.13 Å². The summed E-state index contributed by atoms with van der Waals surface area (Å²) in [7, 11) is 0. The van der Waals surface area contributed by atoms with Crippen molar-refractivity contribution < 1.29 is 0 Å². The average molecular weight is 394 g/mol. The zero-order chi connectivity index (χ0) is 19.1. The summed E-state index contributed by atoms with van der Waals surface area (Å²) in [5.74, 6) is 2.03. The normalized spacial score (nSPS) is 22.3. The third-order valence-electron chi connectivity index (χ3n) is 5.57. The summed E-state index contributed by atoms with van der Waals surface area (Å²) in [5, 5.41) is 4.57. The lowest BCUT2D eigenvalue weighted by molar-refractivity contribution is 0.161. The number of nitrogens with one attached hydrogen (secondary N) is 1. The van der Waals surface area contributed by atoms with Crippen LogP contribution in [-0.4, -0.2) is 83.5 Å². The van der Waals surface area contributed by atoms with E-state index >= 15 is 0 Å². The number of hydrogen-bond donors (Lipinski definition) is 1. The van der Waals surface area contributed by atoms with E-state index in [9.17, 15) is 0 Å². The molecule has 7 nitrogen and oxygen atoms in total. The number of piperazine rings is 1. The second-order valence-corrected chi connectivity index (χ2v) is 8.02. The summed E-state index contributed by atoms with van der Waals surface area (Å²) in [6.07, 6.45) is 4.86. The Morgan fingerprint density at radius 2 is 1.96 bits per heavy atom. The van der Waals surface area contributed by atoms with Gasteiger partial charge in [0, 0.05) is 56.7 Å². The number of piperidine rings is 1. The molecule has 2 aliphatic heterocycles. The average Bonchev–Trinajstić information content (AvgIpc) is 3.21. The Morgan fingerprint density at radius 3 is 2.63 bits per heavy atom. The molecule has 3 rings (SSSR count). The quantitative estimate of drug-likeness (QED) is 0.590. The Balaban J connectivity index is 1.57. The van der Waals surface area contributed by atoms with E-state index in [-0.39, 0.29) is 0 Å². The monoisotopic (exact) mass is 393 g/mol. The Kier molecular flexibility index (Phi) is 7.70. The van der Waals surface area contributed by atoms with Crippen molar-refractivity contribution >= 4 is 22.6 Å². The van der Waals surface area contributed by atoms with Crippen LogP contribution in [0.5, 0.6) is 0 Å². The van der Waals surface area contributed by atoms with Crippen LogP contribution in [0.15, 0.2) is 4.99 Å². The van der Waals surface area contributed by atoms with Gasteiger partial charge in [-0.05, 0) is 32.9 Å². The fourth-order valence-electron chi connectivity index (χ4n) is 3.93. The highest BCUT2D eigenvalue weighted by atomic mass is 32.1.